The van der Waals surface area contributed by atoms with Crippen LogP contribution in [0.25, 0.3) is 5.69 Å². The summed E-state index contributed by atoms with van der Waals surface area (Å²) in [7, 11) is 0. The number of halogens is 2. The number of aryl methyl sites for hydroxylation is 1. The van der Waals surface area contributed by atoms with E-state index in [0.717, 1.165) is 62.8 Å². The molecule has 2 fully saturated rings. The summed E-state index contributed by atoms with van der Waals surface area (Å²) >= 11 is 19.6. The Morgan fingerprint density at radius 2 is 1.64 bits per heavy atom. The fourth-order valence-electron chi connectivity index (χ4n) is 7.01. The van der Waals surface area contributed by atoms with Crippen molar-refractivity contribution in [2.45, 2.75) is 53.1 Å². The van der Waals surface area contributed by atoms with Crippen LogP contribution in [0.15, 0.2) is 66.9 Å². The topological polar surface area (TPSA) is 36.3 Å². The van der Waals surface area contributed by atoms with Crippen LogP contribution in [0.5, 0.6) is 0 Å². The molecule has 6 rings (SSSR count). The molecule has 0 amide bonds. The number of nitrogens with zero attached hydrogens (tertiary/aromatic N) is 4. The van der Waals surface area contributed by atoms with Crippen molar-refractivity contribution in [1.82, 2.24) is 14.9 Å². The summed E-state index contributed by atoms with van der Waals surface area (Å²) in [5.41, 5.74) is 8.57. The maximum Gasteiger partial charge on any atom is 0.174 e. The molecular weight excluding hydrogens is 581 g/mol. The zero-order valence-corrected chi connectivity index (χ0v) is 27.1. The molecule has 8 heteroatoms. The largest absolute Gasteiger partial charge is 0.370 e. The lowest BCUT2D eigenvalue weighted by Crippen LogP contribution is -2.38. The average Bonchev–Trinajstić information content (AvgIpc) is 3.45. The second-order valence-electron chi connectivity index (χ2n) is 12.0. The van der Waals surface area contributed by atoms with Crippen molar-refractivity contribution in [3.63, 3.8) is 0 Å². The van der Waals surface area contributed by atoms with E-state index in [4.69, 9.17) is 40.4 Å². The summed E-state index contributed by atoms with van der Waals surface area (Å²) in [5.74, 6) is 1.28. The van der Waals surface area contributed by atoms with Gasteiger partial charge in [-0.25, -0.2) is 0 Å². The maximum atomic E-state index is 7.04. The zero-order valence-electron chi connectivity index (χ0n) is 24.7. The highest BCUT2D eigenvalue weighted by atomic mass is 35.5. The second kappa shape index (κ2) is 11.6. The number of rotatable bonds is 5. The molecule has 4 atom stereocenters. The quantitative estimate of drug-likeness (QED) is 0.226. The number of thiocarbonyl (C=S) groups is 1. The van der Waals surface area contributed by atoms with Gasteiger partial charge in [-0.1, -0.05) is 49.2 Å². The van der Waals surface area contributed by atoms with Gasteiger partial charge in [0, 0.05) is 47.1 Å². The van der Waals surface area contributed by atoms with Gasteiger partial charge in [-0.05, 0) is 111 Å². The minimum atomic E-state index is -0.143. The van der Waals surface area contributed by atoms with E-state index in [1.54, 1.807) is 0 Å². The molecule has 5 nitrogen and oxygen atoms in total. The second-order valence-corrected chi connectivity index (χ2v) is 13.2. The van der Waals surface area contributed by atoms with Crippen LogP contribution in [0.1, 0.15) is 60.6 Å². The fraction of sp³-hybridized carbons (Fsp3) is 0.353. The Bertz CT molecular complexity index is 1620. The first kappa shape index (κ1) is 29.0. The Balaban J connectivity index is 1.45. The lowest BCUT2D eigenvalue weighted by molar-refractivity contribution is 0.357. The van der Waals surface area contributed by atoms with Crippen molar-refractivity contribution < 1.29 is 0 Å². The Labute approximate surface area is 264 Å². The molecule has 2 aliphatic rings. The number of hydrogen-bond donors (Lipinski definition) is 1. The van der Waals surface area contributed by atoms with Gasteiger partial charge >= 0.3 is 0 Å². The first-order chi connectivity index (χ1) is 20.1. The number of hydrogen-bond acceptors (Lipinski definition) is 3. The van der Waals surface area contributed by atoms with Crippen LogP contribution in [0.2, 0.25) is 10.0 Å². The maximum absolute atomic E-state index is 7.04. The highest BCUT2D eigenvalue weighted by molar-refractivity contribution is 7.80. The number of piperidine rings is 1. The van der Waals surface area contributed by atoms with Crippen molar-refractivity contribution in [3.8, 4) is 5.69 Å². The molecule has 0 bridgehead atoms. The molecular formula is C34H37Cl2N5S. The van der Waals surface area contributed by atoms with Gasteiger partial charge in [-0.3, -0.25) is 4.98 Å². The number of anilines is 2. The van der Waals surface area contributed by atoms with Crippen LogP contribution < -0.4 is 15.1 Å². The predicted molar refractivity (Wildman–Crippen MR) is 180 cm³/mol. The molecule has 0 spiro atoms. The van der Waals surface area contributed by atoms with Crippen molar-refractivity contribution in [1.29, 1.82) is 0 Å². The summed E-state index contributed by atoms with van der Waals surface area (Å²) in [4.78, 5) is 9.39. The molecule has 0 radical (unpaired) electrons. The van der Waals surface area contributed by atoms with Gasteiger partial charge in [0.1, 0.15) is 0 Å². The van der Waals surface area contributed by atoms with Crippen molar-refractivity contribution in [2.24, 2.45) is 11.8 Å². The van der Waals surface area contributed by atoms with E-state index in [9.17, 15) is 0 Å². The summed E-state index contributed by atoms with van der Waals surface area (Å²) in [6.45, 7) is 13.1. The predicted octanol–water partition coefficient (Wildman–Crippen LogP) is 8.76. The Kier molecular flexibility index (Phi) is 7.99. The monoisotopic (exact) mass is 617 g/mol. The van der Waals surface area contributed by atoms with Crippen LogP contribution in [0.4, 0.5) is 11.4 Å². The Morgan fingerprint density at radius 1 is 0.881 bits per heavy atom. The molecule has 1 N–H and O–H groups in total. The van der Waals surface area contributed by atoms with Crippen LogP contribution in [0.3, 0.4) is 0 Å². The lowest BCUT2D eigenvalue weighted by Gasteiger charge is -2.37. The smallest absolute Gasteiger partial charge is 0.174 e. The molecule has 2 saturated heterocycles. The molecule has 0 aliphatic carbocycles. The van der Waals surface area contributed by atoms with Gasteiger partial charge in [0.05, 0.1) is 28.5 Å². The zero-order chi connectivity index (χ0) is 29.7. The Hall–Kier alpha value is -3.06. The van der Waals surface area contributed by atoms with E-state index < -0.39 is 0 Å². The van der Waals surface area contributed by atoms with Gasteiger partial charge in [-0.2, -0.15) is 0 Å². The molecule has 218 valence electrons. The van der Waals surface area contributed by atoms with Gasteiger partial charge < -0.3 is 19.7 Å². The molecule has 0 saturated carbocycles. The van der Waals surface area contributed by atoms with Crippen molar-refractivity contribution >= 4 is 51.9 Å². The molecule has 0 unspecified atom stereocenters. The molecule has 42 heavy (non-hydrogen) atoms. The minimum absolute atomic E-state index is 0.135. The van der Waals surface area contributed by atoms with Crippen molar-refractivity contribution in [2.75, 3.05) is 22.9 Å². The van der Waals surface area contributed by atoms with Crippen LogP contribution >= 0.6 is 35.4 Å². The van der Waals surface area contributed by atoms with Gasteiger partial charge in [0.2, 0.25) is 0 Å². The summed E-state index contributed by atoms with van der Waals surface area (Å²) in [5, 5.41) is 5.76. The summed E-state index contributed by atoms with van der Waals surface area (Å²) < 4.78 is 2.29. The molecule has 4 heterocycles. The van der Waals surface area contributed by atoms with Crippen LogP contribution in [-0.4, -0.2) is 27.8 Å². The number of nitrogens with one attached hydrogen (secondary N) is 1. The van der Waals surface area contributed by atoms with E-state index in [2.05, 4.69) is 90.7 Å². The van der Waals surface area contributed by atoms with Crippen molar-refractivity contribution in [3.05, 3.63) is 105 Å². The van der Waals surface area contributed by atoms with E-state index in [-0.39, 0.29) is 12.1 Å². The lowest BCUT2D eigenvalue weighted by atomic mass is 9.91. The first-order valence-corrected chi connectivity index (χ1v) is 15.8. The standard InChI is InChI=1S/C34H37Cl2N5S/c1-20-15-21(2)19-39(18-20)31-13-12-25(17-28(31)36)41-33(32(38-34(41)42)29-10-6-7-14-37-29)26-16-22(3)40(24(26)5)30-11-8-9-27(35)23(30)4/h6-14,16-17,20-21,32-33H,15,18-19H2,1-5H3,(H,38,42)/t20-,21+,32-,33+/m0/s1. The van der Waals surface area contributed by atoms with Crippen LogP contribution in [-0.2, 0) is 0 Å². The van der Waals surface area contributed by atoms with E-state index in [0.29, 0.717) is 16.9 Å². The van der Waals surface area contributed by atoms with Gasteiger partial charge in [0.15, 0.2) is 5.11 Å². The number of aromatic nitrogens is 2. The average molecular weight is 619 g/mol. The first-order valence-electron chi connectivity index (χ1n) is 14.6. The third-order valence-corrected chi connectivity index (χ3v) is 9.81. The van der Waals surface area contributed by atoms with Gasteiger partial charge in [0.25, 0.3) is 0 Å². The molecule has 2 aliphatic heterocycles. The molecule has 4 aromatic rings. The SMILES string of the molecule is Cc1c(Cl)cccc1-n1c(C)cc([C@@H]2[C@H](c3ccccn3)NC(=S)N2c2ccc(N3C[C@H](C)C[C@H](C)C3)c(Cl)c2)c1C. The summed E-state index contributed by atoms with van der Waals surface area (Å²) in [6.07, 6.45) is 3.09. The van der Waals surface area contributed by atoms with E-state index >= 15 is 0 Å². The highest BCUT2D eigenvalue weighted by Crippen LogP contribution is 2.45. The highest BCUT2D eigenvalue weighted by Gasteiger charge is 2.42. The molecule has 2 aromatic carbocycles. The Morgan fingerprint density at radius 3 is 2.33 bits per heavy atom. The minimum Gasteiger partial charge on any atom is -0.370 e. The summed E-state index contributed by atoms with van der Waals surface area (Å²) in [6, 6.07) is 20.5. The third-order valence-electron chi connectivity index (χ3n) is 8.79. The van der Waals surface area contributed by atoms with E-state index in [1.165, 1.54) is 12.0 Å². The molecule has 2 aromatic heterocycles. The third kappa shape index (κ3) is 5.18. The number of benzene rings is 2. The van der Waals surface area contributed by atoms with E-state index in [1.807, 2.05) is 30.5 Å². The number of pyridine rings is 1. The van der Waals surface area contributed by atoms with Crippen LogP contribution in [0, 0.1) is 32.6 Å². The van der Waals surface area contributed by atoms with Gasteiger partial charge in [-0.15, -0.1) is 0 Å². The normalized spacial score (nSPS) is 22.5. The fourth-order valence-corrected chi connectivity index (χ4v) is 7.82.